The van der Waals surface area contributed by atoms with Crippen molar-refractivity contribution in [3.05, 3.63) is 0 Å². The van der Waals surface area contributed by atoms with Crippen molar-refractivity contribution in [2.75, 3.05) is 65.6 Å². The lowest BCUT2D eigenvalue weighted by Crippen LogP contribution is -2.37. The number of morpholine rings is 1. The van der Waals surface area contributed by atoms with E-state index < -0.39 is 0 Å². The van der Waals surface area contributed by atoms with Gasteiger partial charge in [-0.3, -0.25) is 9.89 Å². The van der Waals surface area contributed by atoms with E-state index in [0.717, 1.165) is 64.7 Å². The van der Waals surface area contributed by atoms with Crippen LogP contribution in [0.15, 0.2) is 4.99 Å². The van der Waals surface area contributed by atoms with E-state index in [-0.39, 0.29) is 24.0 Å². The highest BCUT2D eigenvalue weighted by Crippen LogP contribution is 2.15. The van der Waals surface area contributed by atoms with Crippen molar-refractivity contribution in [2.24, 2.45) is 16.6 Å². The summed E-state index contributed by atoms with van der Waals surface area (Å²) in [4.78, 5) is 9.46. The summed E-state index contributed by atoms with van der Waals surface area (Å²) in [6.45, 7) is 12.8. The monoisotopic (exact) mass is 467 g/mol. The molecule has 148 valence electrons. The number of nitrogens with two attached hydrogens (primary N) is 1. The Morgan fingerprint density at radius 3 is 2.64 bits per heavy atom. The van der Waals surface area contributed by atoms with Crippen LogP contribution in [-0.4, -0.2) is 81.3 Å². The lowest BCUT2D eigenvalue weighted by molar-refractivity contribution is 0.0377. The van der Waals surface area contributed by atoms with Crippen LogP contribution in [0.5, 0.6) is 0 Å². The van der Waals surface area contributed by atoms with Gasteiger partial charge in [0.25, 0.3) is 0 Å². The second kappa shape index (κ2) is 14.0. The number of unbranched alkanes of at least 4 members (excludes halogenated alkanes) is 1. The number of ether oxygens (including phenoxy) is 1. The van der Waals surface area contributed by atoms with Crippen LogP contribution in [0.4, 0.5) is 0 Å². The first-order chi connectivity index (χ1) is 11.7. The Kier molecular flexibility index (Phi) is 12.8. The standard InChI is InChI=1S/C18H37N5O.HI/c1-17-6-4-10-23(16-17)9-3-2-7-20-18(19)21-8-5-11-22-12-14-24-15-13-22;/h17H,2-16H2,1H3,(H3,19,20,21);1H. The number of piperidine rings is 1. The summed E-state index contributed by atoms with van der Waals surface area (Å²) in [6.07, 6.45) is 6.23. The van der Waals surface area contributed by atoms with Gasteiger partial charge < -0.3 is 20.7 Å². The molecule has 2 fully saturated rings. The molecular weight excluding hydrogens is 429 g/mol. The van der Waals surface area contributed by atoms with Crippen molar-refractivity contribution in [3.8, 4) is 0 Å². The van der Waals surface area contributed by atoms with Crippen molar-refractivity contribution in [1.82, 2.24) is 15.1 Å². The summed E-state index contributed by atoms with van der Waals surface area (Å²) in [7, 11) is 0. The third-order valence-electron chi connectivity index (χ3n) is 4.97. The molecule has 0 spiro atoms. The van der Waals surface area contributed by atoms with Crippen molar-refractivity contribution < 1.29 is 4.74 Å². The maximum Gasteiger partial charge on any atom is 0.188 e. The number of hydrogen-bond donors (Lipinski definition) is 2. The molecule has 2 aliphatic heterocycles. The largest absolute Gasteiger partial charge is 0.379 e. The van der Waals surface area contributed by atoms with Gasteiger partial charge in [-0.05, 0) is 51.1 Å². The number of hydrogen-bond acceptors (Lipinski definition) is 4. The van der Waals surface area contributed by atoms with Crippen LogP contribution in [0.2, 0.25) is 0 Å². The van der Waals surface area contributed by atoms with Gasteiger partial charge in [-0.15, -0.1) is 24.0 Å². The summed E-state index contributed by atoms with van der Waals surface area (Å²) in [5.41, 5.74) is 5.93. The summed E-state index contributed by atoms with van der Waals surface area (Å²) in [5, 5.41) is 3.24. The molecule has 2 heterocycles. The first-order valence-corrected chi connectivity index (χ1v) is 9.80. The van der Waals surface area contributed by atoms with E-state index >= 15 is 0 Å². The average molecular weight is 467 g/mol. The molecule has 0 aliphatic carbocycles. The highest BCUT2D eigenvalue weighted by molar-refractivity contribution is 14.0. The van der Waals surface area contributed by atoms with Gasteiger partial charge in [0.05, 0.1) is 13.2 Å². The first-order valence-electron chi connectivity index (χ1n) is 9.80. The van der Waals surface area contributed by atoms with Gasteiger partial charge in [-0.2, -0.15) is 0 Å². The van der Waals surface area contributed by atoms with Crippen LogP contribution in [0.1, 0.15) is 39.0 Å². The number of halogens is 1. The maximum absolute atomic E-state index is 5.93. The number of nitrogens with zero attached hydrogens (tertiary/aromatic N) is 3. The van der Waals surface area contributed by atoms with Gasteiger partial charge in [-0.25, -0.2) is 0 Å². The fraction of sp³-hybridized carbons (Fsp3) is 0.944. The molecule has 0 amide bonds. The molecule has 2 aliphatic rings. The van der Waals surface area contributed by atoms with Crippen LogP contribution < -0.4 is 11.1 Å². The number of aliphatic imine (C=N–C) groups is 1. The third-order valence-corrected chi connectivity index (χ3v) is 4.97. The Hall–Kier alpha value is -0.120. The van der Waals surface area contributed by atoms with Gasteiger partial charge >= 0.3 is 0 Å². The quantitative estimate of drug-likeness (QED) is 0.234. The molecule has 25 heavy (non-hydrogen) atoms. The van der Waals surface area contributed by atoms with E-state index in [1.54, 1.807) is 0 Å². The van der Waals surface area contributed by atoms with Gasteiger partial charge in [-0.1, -0.05) is 6.92 Å². The zero-order valence-corrected chi connectivity index (χ0v) is 18.2. The minimum Gasteiger partial charge on any atom is -0.379 e. The maximum atomic E-state index is 5.93. The molecule has 0 aromatic carbocycles. The number of guanidine groups is 1. The topological polar surface area (TPSA) is 66.1 Å². The van der Waals surface area contributed by atoms with Crippen LogP contribution in [0.3, 0.4) is 0 Å². The SMILES string of the molecule is CC1CCCN(CCCCNC(N)=NCCCN2CCOCC2)C1.I. The summed E-state index contributed by atoms with van der Waals surface area (Å²) in [6, 6.07) is 0. The summed E-state index contributed by atoms with van der Waals surface area (Å²) >= 11 is 0. The smallest absolute Gasteiger partial charge is 0.188 e. The highest BCUT2D eigenvalue weighted by Gasteiger charge is 2.15. The molecule has 0 aromatic rings. The first kappa shape index (κ1) is 22.9. The summed E-state index contributed by atoms with van der Waals surface area (Å²) < 4.78 is 5.35. The van der Waals surface area contributed by atoms with E-state index in [1.807, 2.05) is 0 Å². The van der Waals surface area contributed by atoms with Gasteiger partial charge in [0.2, 0.25) is 0 Å². The Morgan fingerprint density at radius 2 is 1.88 bits per heavy atom. The molecule has 3 N–H and O–H groups in total. The fourth-order valence-corrected chi connectivity index (χ4v) is 3.54. The van der Waals surface area contributed by atoms with Crippen LogP contribution >= 0.6 is 24.0 Å². The predicted octanol–water partition coefficient (Wildman–Crippen LogP) is 1.74. The fourth-order valence-electron chi connectivity index (χ4n) is 3.54. The molecule has 2 saturated heterocycles. The number of likely N-dealkylation sites (tertiary alicyclic amines) is 1. The van der Waals surface area contributed by atoms with Crippen molar-refractivity contribution in [2.45, 2.75) is 39.0 Å². The van der Waals surface area contributed by atoms with Crippen LogP contribution in [0, 0.1) is 5.92 Å². The Morgan fingerprint density at radius 1 is 1.12 bits per heavy atom. The van der Waals surface area contributed by atoms with Gasteiger partial charge in [0.1, 0.15) is 0 Å². The number of rotatable bonds is 9. The zero-order chi connectivity index (χ0) is 17.0. The minimum absolute atomic E-state index is 0. The molecule has 7 heteroatoms. The van der Waals surface area contributed by atoms with Crippen molar-refractivity contribution in [1.29, 1.82) is 0 Å². The molecule has 6 nitrogen and oxygen atoms in total. The highest BCUT2D eigenvalue weighted by atomic mass is 127. The van der Waals surface area contributed by atoms with Gasteiger partial charge in [0, 0.05) is 39.3 Å². The average Bonchev–Trinajstić information content (AvgIpc) is 2.59. The van der Waals surface area contributed by atoms with E-state index in [0.29, 0.717) is 5.96 Å². The van der Waals surface area contributed by atoms with Crippen molar-refractivity contribution in [3.63, 3.8) is 0 Å². The van der Waals surface area contributed by atoms with E-state index in [1.165, 1.54) is 38.9 Å². The molecule has 1 unspecified atom stereocenters. The van der Waals surface area contributed by atoms with Gasteiger partial charge in [0.15, 0.2) is 5.96 Å². The van der Waals surface area contributed by atoms with E-state index in [2.05, 4.69) is 27.0 Å². The second-order valence-corrected chi connectivity index (χ2v) is 7.26. The minimum atomic E-state index is 0. The van der Waals surface area contributed by atoms with E-state index in [9.17, 15) is 0 Å². The van der Waals surface area contributed by atoms with Crippen molar-refractivity contribution >= 4 is 29.9 Å². The van der Waals surface area contributed by atoms with E-state index in [4.69, 9.17) is 10.5 Å². The number of nitrogens with one attached hydrogen (secondary N) is 1. The lowest BCUT2D eigenvalue weighted by atomic mass is 10.0. The molecule has 0 saturated carbocycles. The molecular formula is C18H38IN5O. The Bertz CT molecular complexity index is 363. The molecule has 0 bridgehead atoms. The molecule has 0 aromatic heterocycles. The molecule has 0 radical (unpaired) electrons. The molecule has 2 rings (SSSR count). The zero-order valence-electron chi connectivity index (χ0n) is 15.9. The lowest BCUT2D eigenvalue weighted by Gasteiger charge is -2.30. The second-order valence-electron chi connectivity index (χ2n) is 7.26. The van der Waals surface area contributed by atoms with Crippen LogP contribution in [-0.2, 0) is 4.74 Å². The third kappa shape index (κ3) is 10.6. The van der Waals surface area contributed by atoms with Crippen LogP contribution in [0.25, 0.3) is 0 Å². The summed E-state index contributed by atoms with van der Waals surface area (Å²) in [5.74, 6) is 1.47. The Balaban J connectivity index is 0.00000312. The predicted molar refractivity (Wildman–Crippen MR) is 116 cm³/mol. The molecule has 1 atom stereocenters. The Labute approximate surface area is 170 Å². The normalized spacial score (nSPS) is 23.2.